The first-order valence-electron chi connectivity index (χ1n) is 5.34. The Morgan fingerprint density at radius 2 is 2.27 bits per heavy atom. The SMILES string of the molecule is C#CCc1cccc2c1OCCC2(C)C. The zero-order chi connectivity index (χ0) is 10.9. The number of para-hydroxylation sites is 1. The summed E-state index contributed by atoms with van der Waals surface area (Å²) in [5.74, 6) is 3.70. The molecule has 1 aliphatic rings. The van der Waals surface area contributed by atoms with E-state index in [1.165, 1.54) is 5.56 Å². The Balaban J connectivity index is 2.52. The molecule has 0 aliphatic carbocycles. The van der Waals surface area contributed by atoms with Gasteiger partial charge in [0.2, 0.25) is 0 Å². The number of benzene rings is 1. The molecule has 1 nitrogen and oxygen atoms in total. The summed E-state index contributed by atoms with van der Waals surface area (Å²) in [5.41, 5.74) is 2.64. The molecule has 0 fully saturated rings. The third kappa shape index (κ3) is 1.72. The van der Waals surface area contributed by atoms with E-state index >= 15 is 0 Å². The average Bonchev–Trinajstić information content (AvgIpc) is 2.19. The minimum atomic E-state index is 0.207. The maximum atomic E-state index is 5.75. The number of fused-ring (bicyclic) bond motifs is 1. The lowest BCUT2D eigenvalue weighted by molar-refractivity contribution is 0.232. The Morgan fingerprint density at radius 1 is 1.47 bits per heavy atom. The van der Waals surface area contributed by atoms with Crippen molar-refractivity contribution in [2.45, 2.75) is 32.1 Å². The standard InChI is InChI=1S/C14H16O/c1-4-6-11-7-5-8-12-13(11)15-10-9-14(12,2)3/h1,5,7-8H,6,9-10H2,2-3H3. The normalized spacial score (nSPS) is 17.4. The molecule has 1 heteroatoms. The fraction of sp³-hybridized carbons (Fsp3) is 0.429. The molecule has 0 N–H and O–H groups in total. The van der Waals surface area contributed by atoms with Gasteiger partial charge in [0, 0.05) is 17.5 Å². The maximum Gasteiger partial charge on any atom is 0.127 e. The van der Waals surface area contributed by atoms with E-state index in [9.17, 15) is 0 Å². The van der Waals surface area contributed by atoms with Crippen LogP contribution < -0.4 is 4.74 Å². The molecule has 1 aliphatic heterocycles. The molecule has 0 spiro atoms. The van der Waals surface area contributed by atoms with Crippen molar-refractivity contribution < 1.29 is 4.74 Å². The lowest BCUT2D eigenvalue weighted by Crippen LogP contribution is -2.27. The molecule has 0 saturated heterocycles. The number of rotatable bonds is 1. The van der Waals surface area contributed by atoms with E-state index in [2.05, 4.69) is 38.0 Å². The van der Waals surface area contributed by atoms with Crippen LogP contribution >= 0.6 is 0 Å². The summed E-state index contributed by atoms with van der Waals surface area (Å²) in [5, 5.41) is 0. The summed E-state index contributed by atoms with van der Waals surface area (Å²) >= 11 is 0. The van der Waals surface area contributed by atoms with E-state index in [0.29, 0.717) is 6.42 Å². The molecule has 0 unspecified atom stereocenters. The summed E-state index contributed by atoms with van der Waals surface area (Å²) in [6.45, 7) is 5.31. The number of hydrogen-bond acceptors (Lipinski definition) is 1. The maximum absolute atomic E-state index is 5.75. The smallest absolute Gasteiger partial charge is 0.127 e. The van der Waals surface area contributed by atoms with E-state index in [1.807, 2.05) is 0 Å². The van der Waals surface area contributed by atoms with Gasteiger partial charge < -0.3 is 4.74 Å². The van der Waals surface area contributed by atoms with Crippen LogP contribution in [0.15, 0.2) is 18.2 Å². The molecular formula is C14H16O. The first kappa shape index (κ1) is 10.1. The van der Waals surface area contributed by atoms with Crippen molar-refractivity contribution in [3.05, 3.63) is 29.3 Å². The number of ether oxygens (including phenoxy) is 1. The lowest BCUT2D eigenvalue weighted by atomic mass is 9.79. The van der Waals surface area contributed by atoms with Gasteiger partial charge in [0.1, 0.15) is 5.75 Å². The van der Waals surface area contributed by atoms with Crippen LogP contribution in [-0.4, -0.2) is 6.61 Å². The van der Waals surface area contributed by atoms with Crippen molar-refractivity contribution >= 4 is 0 Å². The second-order valence-electron chi connectivity index (χ2n) is 4.66. The molecule has 78 valence electrons. The second-order valence-corrected chi connectivity index (χ2v) is 4.66. The highest BCUT2D eigenvalue weighted by Crippen LogP contribution is 2.40. The highest BCUT2D eigenvalue weighted by molar-refractivity contribution is 5.47. The van der Waals surface area contributed by atoms with Gasteiger partial charge >= 0.3 is 0 Å². The summed E-state index contributed by atoms with van der Waals surface area (Å²) in [7, 11) is 0. The van der Waals surface area contributed by atoms with Crippen LogP contribution in [0.1, 0.15) is 31.4 Å². The average molecular weight is 200 g/mol. The quantitative estimate of drug-likeness (QED) is 0.633. The highest BCUT2D eigenvalue weighted by atomic mass is 16.5. The minimum Gasteiger partial charge on any atom is -0.493 e. The van der Waals surface area contributed by atoms with E-state index < -0.39 is 0 Å². The Labute approximate surface area is 91.5 Å². The van der Waals surface area contributed by atoms with E-state index in [1.54, 1.807) is 0 Å². The molecule has 0 amide bonds. The van der Waals surface area contributed by atoms with Crippen LogP contribution in [-0.2, 0) is 11.8 Å². The van der Waals surface area contributed by atoms with Crippen LogP contribution in [0.2, 0.25) is 0 Å². The second kappa shape index (κ2) is 3.62. The minimum absolute atomic E-state index is 0.207. The molecule has 0 saturated carbocycles. The largest absolute Gasteiger partial charge is 0.493 e. The Bertz CT molecular complexity index is 410. The van der Waals surface area contributed by atoms with Crippen LogP contribution in [0.25, 0.3) is 0 Å². The van der Waals surface area contributed by atoms with Gasteiger partial charge in [-0.1, -0.05) is 32.0 Å². The van der Waals surface area contributed by atoms with Crippen molar-refractivity contribution in [2.75, 3.05) is 6.61 Å². The molecule has 0 atom stereocenters. The molecule has 2 rings (SSSR count). The van der Waals surface area contributed by atoms with Gasteiger partial charge in [0.15, 0.2) is 0 Å². The topological polar surface area (TPSA) is 9.23 Å². The molecule has 1 aromatic rings. The van der Waals surface area contributed by atoms with Gasteiger partial charge in [-0.2, -0.15) is 0 Å². The fourth-order valence-corrected chi connectivity index (χ4v) is 2.08. The zero-order valence-corrected chi connectivity index (χ0v) is 9.34. The summed E-state index contributed by atoms with van der Waals surface area (Å²) in [4.78, 5) is 0. The third-order valence-electron chi connectivity index (χ3n) is 3.09. The van der Waals surface area contributed by atoms with Crippen molar-refractivity contribution in [1.82, 2.24) is 0 Å². The summed E-state index contributed by atoms with van der Waals surface area (Å²) in [6, 6.07) is 6.27. The Hall–Kier alpha value is -1.42. The molecule has 0 radical (unpaired) electrons. The molecular weight excluding hydrogens is 184 g/mol. The predicted octanol–water partition coefficient (Wildman–Crippen LogP) is 2.92. The first-order chi connectivity index (χ1) is 7.15. The van der Waals surface area contributed by atoms with Gasteiger partial charge in [-0.25, -0.2) is 0 Å². The van der Waals surface area contributed by atoms with Gasteiger partial charge in [0.25, 0.3) is 0 Å². The van der Waals surface area contributed by atoms with Gasteiger partial charge in [-0.15, -0.1) is 12.3 Å². The van der Waals surface area contributed by atoms with Crippen LogP contribution in [0, 0.1) is 12.3 Å². The summed E-state index contributed by atoms with van der Waals surface area (Å²) < 4.78 is 5.75. The summed E-state index contributed by atoms with van der Waals surface area (Å²) in [6.07, 6.45) is 7.08. The number of hydrogen-bond donors (Lipinski definition) is 0. The molecule has 15 heavy (non-hydrogen) atoms. The van der Waals surface area contributed by atoms with E-state index in [0.717, 1.165) is 24.3 Å². The van der Waals surface area contributed by atoms with Crippen molar-refractivity contribution in [1.29, 1.82) is 0 Å². The monoisotopic (exact) mass is 200 g/mol. The molecule has 1 heterocycles. The van der Waals surface area contributed by atoms with E-state index in [4.69, 9.17) is 11.2 Å². The van der Waals surface area contributed by atoms with Crippen molar-refractivity contribution in [3.8, 4) is 18.1 Å². The van der Waals surface area contributed by atoms with Crippen molar-refractivity contribution in [3.63, 3.8) is 0 Å². The Morgan fingerprint density at radius 3 is 3.00 bits per heavy atom. The molecule has 0 bridgehead atoms. The van der Waals surface area contributed by atoms with Gasteiger partial charge in [-0.3, -0.25) is 0 Å². The first-order valence-corrected chi connectivity index (χ1v) is 5.34. The van der Waals surface area contributed by atoms with Crippen molar-refractivity contribution in [2.24, 2.45) is 0 Å². The highest BCUT2D eigenvalue weighted by Gasteiger charge is 2.29. The molecule has 1 aromatic carbocycles. The fourth-order valence-electron chi connectivity index (χ4n) is 2.08. The van der Waals surface area contributed by atoms with Crippen LogP contribution in [0.3, 0.4) is 0 Å². The van der Waals surface area contributed by atoms with Gasteiger partial charge in [0.05, 0.1) is 6.61 Å². The molecule has 0 aromatic heterocycles. The number of terminal acetylenes is 1. The zero-order valence-electron chi connectivity index (χ0n) is 9.34. The predicted molar refractivity (Wildman–Crippen MR) is 62.1 cm³/mol. The van der Waals surface area contributed by atoms with E-state index in [-0.39, 0.29) is 5.41 Å². The van der Waals surface area contributed by atoms with Crippen LogP contribution in [0.5, 0.6) is 5.75 Å². The lowest BCUT2D eigenvalue weighted by Gasteiger charge is -2.33. The van der Waals surface area contributed by atoms with Gasteiger partial charge in [-0.05, 0) is 11.8 Å². The van der Waals surface area contributed by atoms with Crippen LogP contribution in [0.4, 0.5) is 0 Å². The third-order valence-corrected chi connectivity index (χ3v) is 3.09. The Kier molecular flexibility index (Phi) is 2.44.